The summed E-state index contributed by atoms with van der Waals surface area (Å²) in [5.41, 5.74) is 1.58. The lowest BCUT2D eigenvalue weighted by Crippen LogP contribution is -2.45. The molecule has 3 heterocycles. The summed E-state index contributed by atoms with van der Waals surface area (Å²) in [7, 11) is 1.90. The first kappa shape index (κ1) is 15.5. The Balaban J connectivity index is 1.58. The van der Waals surface area contributed by atoms with Crippen LogP contribution in [0.2, 0.25) is 0 Å². The number of nitrogens with zero attached hydrogens (tertiary/aromatic N) is 4. The minimum Gasteiger partial charge on any atom is -0.337 e. The van der Waals surface area contributed by atoms with Crippen LogP contribution in [0.1, 0.15) is 48.8 Å². The van der Waals surface area contributed by atoms with Crippen molar-refractivity contribution in [2.45, 2.75) is 45.6 Å². The molecule has 0 aromatic carbocycles. The van der Waals surface area contributed by atoms with Gasteiger partial charge in [-0.2, -0.15) is 0 Å². The Morgan fingerprint density at radius 2 is 1.86 bits per heavy atom. The van der Waals surface area contributed by atoms with Gasteiger partial charge in [0.2, 0.25) is 0 Å². The lowest BCUT2D eigenvalue weighted by Gasteiger charge is -2.38. The first-order chi connectivity index (χ1) is 10.6. The van der Waals surface area contributed by atoms with Gasteiger partial charge in [-0.1, -0.05) is 0 Å². The molecule has 0 N–H and O–H groups in total. The molecule has 1 aromatic heterocycles. The molecule has 22 heavy (non-hydrogen) atoms. The lowest BCUT2D eigenvalue weighted by atomic mass is 9.89. The Morgan fingerprint density at radius 1 is 1.23 bits per heavy atom. The molecule has 0 saturated carbocycles. The molecule has 5 heteroatoms. The molecule has 1 aromatic rings. The molecule has 5 nitrogen and oxygen atoms in total. The SMILES string of the molecule is Cc1ncn(C)c1C(=O)N1CCC([C@H](C)N2CCCC2)CC1. The summed E-state index contributed by atoms with van der Waals surface area (Å²) in [4.78, 5) is 21.6. The van der Waals surface area contributed by atoms with Gasteiger partial charge in [0.05, 0.1) is 12.0 Å². The van der Waals surface area contributed by atoms with E-state index < -0.39 is 0 Å². The number of carbonyl (C=O) groups excluding carboxylic acids is 1. The third-order valence-electron chi connectivity index (χ3n) is 5.55. The van der Waals surface area contributed by atoms with Crippen molar-refractivity contribution >= 4 is 5.91 Å². The molecule has 122 valence electrons. The summed E-state index contributed by atoms with van der Waals surface area (Å²) in [6.07, 6.45) is 6.67. The van der Waals surface area contributed by atoms with E-state index in [-0.39, 0.29) is 5.91 Å². The van der Waals surface area contributed by atoms with Gasteiger partial charge in [0.15, 0.2) is 0 Å². The fraction of sp³-hybridized carbons (Fsp3) is 0.765. The number of aryl methyl sites for hydroxylation is 2. The molecule has 0 radical (unpaired) electrons. The van der Waals surface area contributed by atoms with Crippen LogP contribution < -0.4 is 0 Å². The minimum absolute atomic E-state index is 0.143. The maximum atomic E-state index is 12.7. The maximum absolute atomic E-state index is 12.7. The number of rotatable bonds is 3. The minimum atomic E-state index is 0.143. The van der Waals surface area contributed by atoms with Crippen molar-refractivity contribution in [2.75, 3.05) is 26.2 Å². The summed E-state index contributed by atoms with van der Waals surface area (Å²) in [5, 5.41) is 0. The lowest BCUT2D eigenvalue weighted by molar-refractivity contribution is 0.0614. The number of hydrogen-bond donors (Lipinski definition) is 0. The average molecular weight is 304 g/mol. The molecule has 0 aliphatic carbocycles. The molecular weight excluding hydrogens is 276 g/mol. The van der Waals surface area contributed by atoms with E-state index >= 15 is 0 Å². The highest BCUT2D eigenvalue weighted by Crippen LogP contribution is 2.27. The van der Waals surface area contributed by atoms with Gasteiger partial charge < -0.3 is 14.4 Å². The molecule has 2 aliphatic rings. The van der Waals surface area contributed by atoms with E-state index in [0.717, 1.165) is 43.2 Å². The van der Waals surface area contributed by atoms with E-state index in [2.05, 4.69) is 16.8 Å². The molecule has 1 atom stereocenters. The van der Waals surface area contributed by atoms with Crippen LogP contribution in [0.5, 0.6) is 0 Å². The Kier molecular flexibility index (Phi) is 4.52. The van der Waals surface area contributed by atoms with Gasteiger partial charge in [0.25, 0.3) is 5.91 Å². The second kappa shape index (κ2) is 6.41. The first-order valence-corrected chi connectivity index (χ1v) is 8.59. The molecular formula is C17H28N4O. The average Bonchev–Trinajstić information content (AvgIpc) is 3.17. The number of piperidine rings is 1. The summed E-state index contributed by atoms with van der Waals surface area (Å²) in [6, 6.07) is 0.665. The number of carbonyl (C=O) groups is 1. The highest BCUT2D eigenvalue weighted by atomic mass is 16.2. The number of amides is 1. The van der Waals surface area contributed by atoms with Crippen molar-refractivity contribution in [3.63, 3.8) is 0 Å². The molecule has 0 bridgehead atoms. The summed E-state index contributed by atoms with van der Waals surface area (Å²) in [5.74, 6) is 0.875. The van der Waals surface area contributed by atoms with Crippen LogP contribution in [0, 0.1) is 12.8 Å². The zero-order valence-corrected chi connectivity index (χ0v) is 14.1. The topological polar surface area (TPSA) is 41.4 Å². The third-order valence-corrected chi connectivity index (χ3v) is 5.55. The van der Waals surface area contributed by atoms with E-state index in [1.807, 2.05) is 23.4 Å². The highest BCUT2D eigenvalue weighted by molar-refractivity contribution is 5.93. The Labute approximate surface area is 133 Å². The molecule has 0 spiro atoms. The number of hydrogen-bond acceptors (Lipinski definition) is 3. The summed E-state index contributed by atoms with van der Waals surface area (Å²) in [6.45, 7) is 8.57. The van der Waals surface area contributed by atoms with Crippen molar-refractivity contribution in [3.8, 4) is 0 Å². The zero-order chi connectivity index (χ0) is 15.7. The Morgan fingerprint density at radius 3 is 2.41 bits per heavy atom. The van der Waals surface area contributed by atoms with Crippen LogP contribution >= 0.6 is 0 Å². The quantitative estimate of drug-likeness (QED) is 0.858. The second-order valence-electron chi connectivity index (χ2n) is 6.90. The van der Waals surface area contributed by atoms with E-state index in [1.54, 1.807) is 6.33 Å². The summed E-state index contributed by atoms with van der Waals surface area (Å²) >= 11 is 0. The van der Waals surface area contributed by atoms with Crippen LogP contribution in [-0.4, -0.2) is 57.5 Å². The zero-order valence-electron chi connectivity index (χ0n) is 14.1. The van der Waals surface area contributed by atoms with Crippen molar-refractivity contribution in [3.05, 3.63) is 17.7 Å². The highest BCUT2D eigenvalue weighted by Gasteiger charge is 2.31. The van der Waals surface area contributed by atoms with E-state index in [9.17, 15) is 4.79 Å². The number of likely N-dealkylation sites (tertiary alicyclic amines) is 2. The molecule has 2 aliphatic heterocycles. The van der Waals surface area contributed by atoms with Crippen molar-refractivity contribution in [2.24, 2.45) is 13.0 Å². The van der Waals surface area contributed by atoms with Crippen LogP contribution in [0.3, 0.4) is 0 Å². The van der Waals surface area contributed by atoms with Crippen molar-refractivity contribution in [1.82, 2.24) is 19.4 Å². The first-order valence-electron chi connectivity index (χ1n) is 8.59. The van der Waals surface area contributed by atoms with Gasteiger partial charge in [-0.25, -0.2) is 4.98 Å². The van der Waals surface area contributed by atoms with Crippen LogP contribution in [0.15, 0.2) is 6.33 Å². The molecule has 2 saturated heterocycles. The molecule has 0 unspecified atom stereocenters. The van der Waals surface area contributed by atoms with Crippen molar-refractivity contribution < 1.29 is 4.79 Å². The second-order valence-corrected chi connectivity index (χ2v) is 6.90. The normalized spacial score (nSPS) is 22.2. The van der Waals surface area contributed by atoms with Gasteiger partial charge in [0.1, 0.15) is 5.69 Å². The third kappa shape index (κ3) is 2.91. The van der Waals surface area contributed by atoms with Gasteiger partial charge in [-0.3, -0.25) is 4.79 Å². The fourth-order valence-electron chi connectivity index (χ4n) is 4.03. The van der Waals surface area contributed by atoms with Gasteiger partial charge >= 0.3 is 0 Å². The monoisotopic (exact) mass is 304 g/mol. The van der Waals surface area contributed by atoms with E-state index in [0.29, 0.717) is 6.04 Å². The van der Waals surface area contributed by atoms with Crippen LogP contribution in [-0.2, 0) is 7.05 Å². The molecule has 3 rings (SSSR count). The predicted molar refractivity (Wildman–Crippen MR) is 86.8 cm³/mol. The standard InChI is InChI=1S/C17H28N4O/c1-13-16(19(3)12-18-13)17(22)21-10-6-15(7-11-21)14(2)20-8-4-5-9-20/h12,14-15H,4-11H2,1-3H3/t14-/m0/s1. The van der Waals surface area contributed by atoms with Gasteiger partial charge in [-0.15, -0.1) is 0 Å². The smallest absolute Gasteiger partial charge is 0.272 e. The largest absolute Gasteiger partial charge is 0.337 e. The molecule has 2 fully saturated rings. The Bertz CT molecular complexity index is 505. The number of aromatic nitrogens is 2. The fourth-order valence-corrected chi connectivity index (χ4v) is 4.03. The summed E-state index contributed by atoms with van der Waals surface area (Å²) < 4.78 is 1.84. The van der Waals surface area contributed by atoms with Crippen LogP contribution in [0.25, 0.3) is 0 Å². The number of imidazole rings is 1. The van der Waals surface area contributed by atoms with Crippen LogP contribution in [0.4, 0.5) is 0 Å². The van der Waals surface area contributed by atoms with E-state index in [4.69, 9.17) is 0 Å². The van der Waals surface area contributed by atoms with Gasteiger partial charge in [0, 0.05) is 26.2 Å². The predicted octanol–water partition coefficient (Wildman–Crippen LogP) is 2.07. The van der Waals surface area contributed by atoms with Gasteiger partial charge in [-0.05, 0) is 58.5 Å². The van der Waals surface area contributed by atoms with E-state index in [1.165, 1.54) is 25.9 Å². The maximum Gasteiger partial charge on any atom is 0.272 e. The van der Waals surface area contributed by atoms with Crippen molar-refractivity contribution in [1.29, 1.82) is 0 Å². The molecule has 1 amide bonds. The Hall–Kier alpha value is -1.36.